The lowest BCUT2D eigenvalue weighted by Gasteiger charge is -2.11. The summed E-state index contributed by atoms with van der Waals surface area (Å²) in [5, 5.41) is 6.43. The van der Waals surface area contributed by atoms with Crippen LogP contribution in [0.5, 0.6) is 0 Å². The highest BCUT2D eigenvalue weighted by Crippen LogP contribution is 2.17. The van der Waals surface area contributed by atoms with Gasteiger partial charge in [-0.25, -0.2) is 0 Å². The van der Waals surface area contributed by atoms with Crippen LogP contribution < -0.4 is 10.6 Å². The zero-order valence-corrected chi connectivity index (χ0v) is 14.1. The van der Waals surface area contributed by atoms with Gasteiger partial charge < -0.3 is 10.6 Å². The molecule has 0 saturated heterocycles. The fraction of sp³-hybridized carbons (Fsp3) is 0.350. The minimum atomic E-state index is 0.00857. The molecular formula is C20H26N2O. The largest absolute Gasteiger partial charge is 0.381 e. The Hall–Kier alpha value is -2.29. The maximum Gasteiger partial charge on any atom is 0.251 e. The summed E-state index contributed by atoms with van der Waals surface area (Å²) in [6.07, 6.45) is 3.10. The summed E-state index contributed by atoms with van der Waals surface area (Å²) >= 11 is 0. The summed E-state index contributed by atoms with van der Waals surface area (Å²) in [4.78, 5) is 12.1. The van der Waals surface area contributed by atoms with E-state index >= 15 is 0 Å². The molecule has 0 bridgehead atoms. The second-order valence-corrected chi connectivity index (χ2v) is 5.67. The Morgan fingerprint density at radius 1 is 1.04 bits per heavy atom. The summed E-state index contributed by atoms with van der Waals surface area (Å²) in [5.74, 6) is 0.00857. The van der Waals surface area contributed by atoms with Crippen LogP contribution in [0.3, 0.4) is 0 Å². The zero-order chi connectivity index (χ0) is 16.5. The molecule has 0 spiro atoms. The van der Waals surface area contributed by atoms with Crippen LogP contribution in [0.1, 0.15) is 48.2 Å². The first-order valence-corrected chi connectivity index (χ1v) is 8.43. The van der Waals surface area contributed by atoms with Gasteiger partial charge in [0.25, 0.3) is 5.91 Å². The van der Waals surface area contributed by atoms with E-state index in [-0.39, 0.29) is 5.91 Å². The molecule has 122 valence electrons. The van der Waals surface area contributed by atoms with Crippen molar-refractivity contribution in [3.8, 4) is 0 Å². The molecule has 0 radical (unpaired) electrons. The molecule has 0 aliphatic carbocycles. The molecule has 2 aromatic carbocycles. The van der Waals surface area contributed by atoms with Gasteiger partial charge in [0.2, 0.25) is 0 Å². The van der Waals surface area contributed by atoms with Crippen LogP contribution in [-0.2, 0) is 13.0 Å². The number of carbonyl (C=O) groups is 1. The van der Waals surface area contributed by atoms with Crippen LogP contribution in [0.15, 0.2) is 48.5 Å². The fourth-order valence-electron chi connectivity index (χ4n) is 2.50. The number of hydrogen-bond acceptors (Lipinski definition) is 2. The average molecular weight is 310 g/mol. The predicted molar refractivity (Wildman–Crippen MR) is 96.8 cm³/mol. The van der Waals surface area contributed by atoms with Gasteiger partial charge >= 0.3 is 0 Å². The molecule has 3 heteroatoms. The number of rotatable bonds is 8. The minimum absolute atomic E-state index is 0.00857. The Balaban J connectivity index is 1.98. The Bertz CT molecular complexity index is 637. The van der Waals surface area contributed by atoms with Gasteiger partial charge in [0.05, 0.1) is 0 Å². The predicted octanol–water partition coefficient (Wildman–Crippen LogP) is 4.39. The van der Waals surface area contributed by atoms with E-state index in [4.69, 9.17) is 0 Å². The fourth-order valence-corrected chi connectivity index (χ4v) is 2.50. The molecule has 0 aliphatic heterocycles. The lowest BCUT2D eigenvalue weighted by molar-refractivity contribution is 0.0953. The minimum Gasteiger partial charge on any atom is -0.381 e. The third-order valence-corrected chi connectivity index (χ3v) is 3.89. The Kier molecular flexibility index (Phi) is 6.67. The van der Waals surface area contributed by atoms with Gasteiger partial charge in [-0.15, -0.1) is 0 Å². The molecule has 2 rings (SSSR count). The third-order valence-electron chi connectivity index (χ3n) is 3.89. The highest BCUT2D eigenvalue weighted by molar-refractivity contribution is 5.94. The van der Waals surface area contributed by atoms with E-state index in [9.17, 15) is 4.79 Å². The maximum atomic E-state index is 12.1. The first-order valence-electron chi connectivity index (χ1n) is 8.43. The highest BCUT2D eigenvalue weighted by atomic mass is 16.1. The van der Waals surface area contributed by atoms with E-state index in [1.807, 2.05) is 30.3 Å². The maximum absolute atomic E-state index is 12.1. The third kappa shape index (κ3) is 5.13. The summed E-state index contributed by atoms with van der Waals surface area (Å²) < 4.78 is 0. The van der Waals surface area contributed by atoms with Crippen LogP contribution in [-0.4, -0.2) is 12.5 Å². The number of carbonyl (C=O) groups excluding carboxylic acids is 1. The summed E-state index contributed by atoms with van der Waals surface area (Å²) in [6, 6.07) is 16.2. The average Bonchev–Trinajstić information content (AvgIpc) is 2.60. The van der Waals surface area contributed by atoms with Gasteiger partial charge in [0, 0.05) is 24.3 Å². The van der Waals surface area contributed by atoms with Crippen molar-refractivity contribution >= 4 is 11.6 Å². The van der Waals surface area contributed by atoms with E-state index < -0.39 is 0 Å². The molecule has 1 amide bonds. The number of nitrogens with one attached hydrogen (secondary N) is 2. The highest BCUT2D eigenvalue weighted by Gasteiger charge is 2.06. The molecule has 0 fully saturated rings. The first-order chi connectivity index (χ1) is 11.2. The number of para-hydroxylation sites is 1. The quantitative estimate of drug-likeness (QED) is 0.710. The number of anilines is 1. The molecule has 2 N–H and O–H groups in total. The van der Waals surface area contributed by atoms with E-state index in [0.717, 1.165) is 42.6 Å². The van der Waals surface area contributed by atoms with Crippen molar-refractivity contribution in [2.24, 2.45) is 0 Å². The van der Waals surface area contributed by atoms with Crippen molar-refractivity contribution < 1.29 is 4.79 Å². The zero-order valence-electron chi connectivity index (χ0n) is 14.1. The monoisotopic (exact) mass is 310 g/mol. The molecule has 0 aromatic heterocycles. The second kappa shape index (κ2) is 8.99. The molecule has 0 saturated carbocycles. The molecule has 0 unspecified atom stereocenters. The van der Waals surface area contributed by atoms with Crippen molar-refractivity contribution in [3.63, 3.8) is 0 Å². The van der Waals surface area contributed by atoms with Crippen molar-refractivity contribution in [1.29, 1.82) is 0 Å². The first kappa shape index (κ1) is 17.1. The van der Waals surface area contributed by atoms with Gasteiger partial charge in [-0.3, -0.25) is 4.79 Å². The standard InChI is InChI=1S/C20H26N2O/c1-3-5-13-21-20(23)18-11-8-9-16(14-18)15-22-19-12-7-6-10-17(19)4-2/h6-12,14,22H,3-5,13,15H2,1-2H3,(H,21,23). The van der Waals surface area contributed by atoms with Crippen LogP contribution in [0, 0.1) is 0 Å². The van der Waals surface area contributed by atoms with Crippen LogP contribution >= 0.6 is 0 Å². The normalized spacial score (nSPS) is 10.3. The van der Waals surface area contributed by atoms with Gasteiger partial charge in [-0.05, 0) is 42.2 Å². The van der Waals surface area contributed by atoms with Crippen LogP contribution in [0.25, 0.3) is 0 Å². The lowest BCUT2D eigenvalue weighted by Crippen LogP contribution is -2.24. The number of unbranched alkanes of at least 4 members (excludes halogenated alkanes) is 1. The summed E-state index contributed by atoms with van der Waals surface area (Å²) in [6.45, 7) is 5.73. The number of amides is 1. The van der Waals surface area contributed by atoms with E-state index in [0.29, 0.717) is 6.54 Å². The van der Waals surface area contributed by atoms with Crippen molar-refractivity contribution in [1.82, 2.24) is 5.32 Å². The van der Waals surface area contributed by atoms with E-state index in [2.05, 4.69) is 42.7 Å². The van der Waals surface area contributed by atoms with E-state index in [1.54, 1.807) is 0 Å². The molecule has 2 aromatic rings. The van der Waals surface area contributed by atoms with Gasteiger partial charge in [0.15, 0.2) is 0 Å². The summed E-state index contributed by atoms with van der Waals surface area (Å²) in [5.41, 5.74) is 4.30. The number of aryl methyl sites for hydroxylation is 1. The van der Waals surface area contributed by atoms with Crippen molar-refractivity contribution in [3.05, 3.63) is 65.2 Å². The molecule has 23 heavy (non-hydrogen) atoms. The smallest absolute Gasteiger partial charge is 0.251 e. The van der Waals surface area contributed by atoms with Gasteiger partial charge in [-0.1, -0.05) is 50.6 Å². The molecule has 3 nitrogen and oxygen atoms in total. The number of benzene rings is 2. The Labute approximate surface area is 139 Å². The van der Waals surface area contributed by atoms with Gasteiger partial charge in [-0.2, -0.15) is 0 Å². The van der Waals surface area contributed by atoms with Gasteiger partial charge in [0.1, 0.15) is 0 Å². The SMILES string of the molecule is CCCCNC(=O)c1cccc(CNc2ccccc2CC)c1. The van der Waals surface area contributed by atoms with Crippen LogP contribution in [0.2, 0.25) is 0 Å². The number of hydrogen-bond donors (Lipinski definition) is 2. The van der Waals surface area contributed by atoms with Crippen molar-refractivity contribution in [2.45, 2.75) is 39.7 Å². The van der Waals surface area contributed by atoms with Crippen LogP contribution in [0.4, 0.5) is 5.69 Å². The topological polar surface area (TPSA) is 41.1 Å². The molecule has 0 heterocycles. The van der Waals surface area contributed by atoms with E-state index in [1.165, 1.54) is 5.56 Å². The molecule has 0 aliphatic rings. The Morgan fingerprint density at radius 2 is 1.87 bits per heavy atom. The summed E-state index contributed by atoms with van der Waals surface area (Å²) in [7, 11) is 0. The molecule has 0 atom stereocenters. The lowest BCUT2D eigenvalue weighted by atomic mass is 10.1. The Morgan fingerprint density at radius 3 is 2.65 bits per heavy atom. The van der Waals surface area contributed by atoms with Crippen molar-refractivity contribution in [2.75, 3.05) is 11.9 Å². The molecular weight excluding hydrogens is 284 g/mol. The second-order valence-electron chi connectivity index (χ2n) is 5.67.